The van der Waals surface area contributed by atoms with E-state index in [0.29, 0.717) is 91.9 Å². The lowest BCUT2D eigenvalue weighted by atomic mass is 9.90. The minimum Gasteiger partial charge on any atom is -0.481 e. The SMILES string of the molecule is NCCOCCOCCOCCOCCOCCC(=O)N(CCCC[C@H](CC(=O)C[C@@H](CCC(=O)O)C(=O)O)C(=O)O)Cc1ccc(Br)cc1. The number of carbonyl (C=O) groups excluding carboxylic acids is 2. The quantitative estimate of drug-likeness (QED) is 0.0754. The third-order valence-electron chi connectivity index (χ3n) is 7.43. The molecule has 0 aliphatic heterocycles. The van der Waals surface area contributed by atoms with Crippen LogP contribution in [0.15, 0.2) is 28.7 Å². The number of nitrogens with two attached hydrogens (primary N) is 1. The van der Waals surface area contributed by atoms with Crippen molar-refractivity contribution in [1.29, 1.82) is 0 Å². The Morgan fingerprint density at radius 1 is 0.660 bits per heavy atom. The number of amides is 1. The number of ketones is 1. The fourth-order valence-corrected chi connectivity index (χ4v) is 5.00. The Morgan fingerprint density at radius 3 is 1.62 bits per heavy atom. The van der Waals surface area contributed by atoms with Gasteiger partial charge >= 0.3 is 17.9 Å². The molecule has 1 amide bonds. The molecule has 0 aromatic heterocycles. The monoisotopic (exact) mass is 776 g/mol. The molecule has 50 heavy (non-hydrogen) atoms. The van der Waals surface area contributed by atoms with Gasteiger partial charge in [0.15, 0.2) is 0 Å². The molecule has 0 spiro atoms. The van der Waals surface area contributed by atoms with Crippen molar-refractivity contribution in [2.75, 3.05) is 79.2 Å². The van der Waals surface area contributed by atoms with Gasteiger partial charge < -0.3 is 49.6 Å². The lowest BCUT2D eigenvalue weighted by Gasteiger charge is -2.23. The van der Waals surface area contributed by atoms with E-state index in [0.717, 1.165) is 10.0 Å². The first-order valence-corrected chi connectivity index (χ1v) is 17.6. The van der Waals surface area contributed by atoms with E-state index in [-0.39, 0.29) is 38.2 Å². The van der Waals surface area contributed by atoms with E-state index >= 15 is 0 Å². The summed E-state index contributed by atoms with van der Waals surface area (Å²) in [7, 11) is 0. The molecule has 284 valence electrons. The third kappa shape index (κ3) is 23.4. The average Bonchev–Trinajstić information content (AvgIpc) is 3.07. The molecule has 0 bridgehead atoms. The Labute approximate surface area is 301 Å². The number of nitrogens with zero attached hydrogens (tertiary/aromatic N) is 1. The van der Waals surface area contributed by atoms with E-state index < -0.39 is 48.4 Å². The van der Waals surface area contributed by atoms with Gasteiger partial charge in [-0.15, -0.1) is 0 Å². The highest BCUT2D eigenvalue weighted by molar-refractivity contribution is 9.10. The zero-order chi connectivity index (χ0) is 37.0. The average molecular weight is 778 g/mol. The highest BCUT2D eigenvalue weighted by Gasteiger charge is 2.26. The number of aliphatic carboxylic acids is 3. The zero-order valence-electron chi connectivity index (χ0n) is 28.6. The maximum atomic E-state index is 13.1. The lowest BCUT2D eigenvalue weighted by Crippen LogP contribution is -2.32. The van der Waals surface area contributed by atoms with E-state index in [1.807, 2.05) is 24.3 Å². The Kier molecular flexibility index (Phi) is 25.8. The van der Waals surface area contributed by atoms with Gasteiger partial charge in [-0.1, -0.05) is 34.5 Å². The van der Waals surface area contributed by atoms with E-state index in [1.165, 1.54) is 0 Å². The molecule has 15 nitrogen and oxygen atoms in total. The normalized spacial score (nSPS) is 12.4. The Morgan fingerprint density at radius 2 is 1.14 bits per heavy atom. The third-order valence-corrected chi connectivity index (χ3v) is 7.96. The van der Waals surface area contributed by atoms with Crippen molar-refractivity contribution in [2.45, 2.75) is 57.9 Å². The fraction of sp³-hybridized carbons (Fsp3) is 0.676. The number of rotatable bonds is 33. The van der Waals surface area contributed by atoms with Gasteiger partial charge in [0.1, 0.15) is 5.78 Å². The first-order chi connectivity index (χ1) is 24.0. The van der Waals surface area contributed by atoms with Crippen LogP contribution in [0.4, 0.5) is 0 Å². The van der Waals surface area contributed by atoms with Crippen molar-refractivity contribution in [3.05, 3.63) is 34.3 Å². The van der Waals surface area contributed by atoms with Crippen molar-refractivity contribution >= 4 is 45.5 Å². The van der Waals surface area contributed by atoms with Crippen LogP contribution in [0.5, 0.6) is 0 Å². The maximum absolute atomic E-state index is 13.1. The molecule has 0 unspecified atom stereocenters. The van der Waals surface area contributed by atoms with Crippen molar-refractivity contribution in [1.82, 2.24) is 4.90 Å². The Bertz CT molecular complexity index is 1120. The van der Waals surface area contributed by atoms with Crippen LogP contribution >= 0.6 is 15.9 Å². The second-order valence-corrected chi connectivity index (χ2v) is 12.4. The standard InChI is InChI=1S/C34H53BrN2O13/c35-29-7-4-26(5-8-29)25-37(31(39)10-13-46-15-17-48-19-21-50-22-20-49-18-16-47-14-11-36)12-2-1-3-27(33(42)43)23-30(38)24-28(34(44)45)6-9-32(40)41/h4-5,7-8,27-28H,1-3,6,9-25,36H2,(H,40,41)(H,42,43)(H,44,45)/t27-,28-/m1/s1. The first-order valence-electron chi connectivity index (χ1n) is 16.8. The number of carboxylic acid groups (broad SMARTS) is 3. The molecule has 1 rings (SSSR count). The summed E-state index contributed by atoms with van der Waals surface area (Å²) in [6.45, 7) is 5.28. The predicted molar refractivity (Wildman–Crippen MR) is 185 cm³/mol. The summed E-state index contributed by atoms with van der Waals surface area (Å²) < 4.78 is 28.0. The number of carbonyl (C=O) groups is 5. The van der Waals surface area contributed by atoms with Crippen molar-refractivity contribution in [2.24, 2.45) is 17.6 Å². The first kappa shape index (κ1) is 45.0. The number of hydrogen-bond donors (Lipinski definition) is 4. The summed E-state index contributed by atoms with van der Waals surface area (Å²) in [5, 5.41) is 27.8. The van der Waals surface area contributed by atoms with E-state index in [4.69, 9.17) is 34.5 Å². The van der Waals surface area contributed by atoms with Gasteiger partial charge in [0, 0.05) is 43.4 Å². The molecule has 2 atom stereocenters. The summed E-state index contributed by atoms with van der Waals surface area (Å²) in [5.74, 6) is -6.49. The number of ether oxygens (including phenoxy) is 5. The topological polar surface area (TPSA) is 221 Å². The van der Waals surface area contributed by atoms with Crippen LogP contribution in [0.1, 0.15) is 56.9 Å². The molecule has 16 heteroatoms. The highest BCUT2D eigenvalue weighted by Crippen LogP contribution is 2.20. The molecule has 0 fully saturated rings. The minimum atomic E-state index is -1.29. The molecule has 0 aliphatic rings. The van der Waals surface area contributed by atoms with Crippen molar-refractivity contribution in [3.63, 3.8) is 0 Å². The molecule has 0 radical (unpaired) electrons. The second kappa shape index (κ2) is 28.7. The van der Waals surface area contributed by atoms with Crippen molar-refractivity contribution in [3.8, 4) is 0 Å². The smallest absolute Gasteiger partial charge is 0.306 e. The van der Waals surface area contributed by atoms with Crippen LogP contribution < -0.4 is 5.73 Å². The lowest BCUT2D eigenvalue weighted by molar-refractivity contribution is -0.146. The van der Waals surface area contributed by atoms with Gasteiger partial charge in [-0.3, -0.25) is 24.0 Å². The van der Waals surface area contributed by atoms with Crippen LogP contribution in [0, 0.1) is 11.8 Å². The molecule has 0 saturated heterocycles. The number of halogens is 1. The van der Waals surface area contributed by atoms with Gasteiger partial charge in [-0.2, -0.15) is 0 Å². The van der Waals surface area contributed by atoms with Gasteiger partial charge in [0.2, 0.25) is 5.91 Å². The van der Waals surface area contributed by atoms with Gasteiger partial charge in [-0.05, 0) is 37.0 Å². The minimum absolute atomic E-state index is 0.124. The highest BCUT2D eigenvalue weighted by atomic mass is 79.9. The molecule has 5 N–H and O–H groups in total. The van der Waals surface area contributed by atoms with Gasteiger partial charge in [-0.25, -0.2) is 0 Å². The van der Waals surface area contributed by atoms with Crippen LogP contribution in [-0.2, 0) is 54.2 Å². The molecule has 0 heterocycles. The molecule has 1 aromatic rings. The number of unbranched alkanes of at least 4 members (excludes halogenated alkanes) is 1. The maximum Gasteiger partial charge on any atom is 0.306 e. The Balaban J connectivity index is 2.43. The van der Waals surface area contributed by atoms with Crippen LogP contribution in [0.3, 0.4) is 0 Å². The van der Waals surface area contributed by atoms with Gasteiger partial charge in [0.05, 0.1) is 84.3 Å². The summed E-state index contributed by atoms with van der Waals surface area (Å²) in [6.07, 6.45) is -0.152. The number of hydrogen-bond acceptors (Lipinski definition) is 11. The summed E-state index contributed by atoms with van der Waals surface area (Å²) in [4.78, 5) is 61.4. The van der Waals surface area contributed by atoms with Crippen LogP contribution in [-0.4, -0.2) is 129 Å². The fourth-order valence-electron chi connectivity index (χ4n) is 4.73. The second-order valence-electron chi connectivity index (χ2n) is 11.5. The molecule has 0 aliphatic carbocycles. The van der Waals surface area contributed by atoms with Crippen molar-refractivity contribution < 1.29 is 63.0 Å². The number of benzene rings is 1. The van der Waals surface area contributed by atoms with E-state index in [2.05, 4.69) is 15.9 Å². The van der Waals surface area contributed by atoms with E-state index in [9.17, 15) is 34.2 Å². The summed E-state index contributed by atoms with van der Waals surface area (Å²) in [5.41, 5.74) is 6.26. The van der Waals surface area contributed by atoms with Crippen LogP contribution in [0.25, 0.3) is 0 Å². The predicted octanol–water partition coefficient (Wildman–Crippen LogP) is 3.00. The number of carboxylic acids is 3. The van der Waals surface area contributed by atoms with E-state index in [1.54, 1.807) is 4.90 Å². The van der Waals surface area contributed by atoms with Crippen LogP contribution in [0.2, 0.25) is 0 Å². The largest absolute Gasteiger partial charge is 0.481 e. The molecular weight excluding hydrogens is 724 g/mol. The summed E-state index contributed by atoms with van der Waals surface area (Å²) >= 11 is 3.41. The molecular formula is C34H53BrN2O13. The number of Topliss-reactive ketones (excluding diaryl/α,β-unsaturated/α-hetero) is 1. The molecule has 0 saturated carbocycles. The zero-order valence-corrected chi connectivity index (χ0v) is 30.2. The summed E-state index contributed by atoms with van der Waals surface area (Å²) in [6, 6.07) is 7.57. The Hall–Kier alpha value is -2.99. The molecule has 1 aromatic carbocycles. The van der Waals surface area contributed by atoms with Gasteiger partial charge in [0.25, 0.3) is 0 Å².